The highest BCUT2D eigenvalue weighted by molar-refractivity contribution is 5.93. The van der Waals surface area contributed by atoms with Gasteiger partial charge >= 0.3 is 0 Å². The van der Waals surface area contributed by atoms with Gasteiger partial charge in [-0.05, 0) is 32.9 Å². The molecular formula is C16H19N3O3. The quantitative estimate of drug-likeness (QED) is 0.852. The van der Waals surface area contributed by atoms with Gasteiger partial charge < -0.3 is 14.2 Å². The molecule has 6 heteroatoms. The van der Waals surface area contributed by atoms with Crippen molar-refractivity contribution in [3.05, 3.63) is 36.3 Å². The molecule has 3 heterocycles. The summed E-state index contributed by atoms with van der Waals surface area (Å²) in [5, 5.41) is 3.91. The van der Waals surface area contributed by atoms with Gasteiger partial charge in [-0.15, -0.1) is 0 Å². The zero-order valence-electron chi connectivity index (χ0n) is 12.9. The molecule has 22 heavy (non-hydrogen) atoms. The third-order valence-corrected chi connectivity index (χ3v) is 3.53. The van der Waals surface area contributed by atoms with Gasteiger partial charge in [0.25, 0.3) is 5.91 Å². The Hall–Kier alpha value is -2.21. The van der Waals surface area contributed by atoms with Crippen molar-refractivity contribution in [1.82, 2.24) is 15.0 Å². The van der Waals surface area contributed by atoms with E-state index in [0.29, 0.717) is 24.5 Å². The first kappa shape index (κ1) is 14.7. The van der Waals surface area contributed by atoms with E-state index in [2.05, 4.69) is 10.1 Å². The number of carbonyl (C=O) groups excluding carboxylic acids is 1. The van der Waals surface area contributed by atoms with E-state index in [9.17, 15) is 4.79 Å². The SMILES string of the molecule is C[C@@H]1CN(C(=O)c2cc(-c3cccnc3)on2)CC(C)(C)O1. The van der Waals surface area contributed by atoms with E-state index in [0.717, 1.165) is 5.56 Å². The van der Waals surface area contributed by atoms with Crippen LogP contribution in [0.3, 0.4) is 0 Å². The molecule has 2 aromatic rings. The zero-order valence-corrected chi connectivity index (χ0v) is 12.9. The first-order chi connectivity index (χ1) is 10.4. The van der Waals surface area contributed by atoms with Gasteiger partial charge in [-0.3, -0.25) is 9.78 Å². The fourth-order valence-electron chi connectivity index (χ4n) is 2.79. The van der Waals surface area contributed by atoms with Crippen LogP contribution in [0.15, 0.2) is 35.1 Å². The Morgan fingerprint density at radius 3 is 2.95 bits per heavy atom. The lowest BCUT2D eigenvalue weighted by molar-refractivity contribution is -0.119. The lowest BCUT2D eigenvalue weighted by Crippen LogP contribution is -2.53. The van der Waals surface area contributed by atoms with Crippen molar-refractivity contribution in [2.24, 2.45) is 0 Å². The fraction of sp³-hybridized carbons (Fsp3) is 0.438. The summed E-state index contributed by atoms with van der Waals surface area (Å²) in [5.41, 5.74) is 0.747. The summed E-state index contributed by atoms with van der Waals surface area (Å²) in [5.74, 6) is 0.402. The molecule has 0 N–H and O–H groups in total. The third kappa shape index (κ3) is 3.01. The fourth-order valence-corrected chi connectivity index (χ4v) is 2.79. The van der Waals surface area contributed by atoms with E-state index in [1.54, 1.807) is 23.4 Å². The summed E-state index contributed by atoms with van der Waals surface area (Å²) in [7, 11) is 0. The molecule has 1 aliphatic rings. The van der Waals surface area contributed by atoms with Crippen LogP contribution in [0, 0.1) is 0 Å². The molecule has 0 spiro atoms. The van der Waals surface area contributed by atoms with Crippen molar-refractivity contribution in [3.8, 4) is 11.3 Å². The van der Waals surface area contributed by atoms with E-state index < -0.39 is 0 Å². The van der Waals surface area contributed by atoms with Gasteiger partial charge in [-0.25, -0.2) is 0 Å². The maximum Gasteiger partial charge on any atom is 0.276 e. The first-order valence-corrected chi connectivity index (χ1v) is 7.29. The van der Waals surface area contributed by atoms with Gasteiger partial charge in [-0.2, -0.15) is 0 Å². The Labute approximate surface area is 129 Å². The Bertz CT molecular complexity index is 666. The summed E-state index contributed by atoms with van der Waals surface area (Å²) in [6.07, 6.45) is 3.36. The maximum absolute atomic E-state index is 12.6. The minimum absolute atomic E-state index is 0.00241. The lowest BCUT2D eigenvalue weighted by atomic mass is 10.1. The number of amides is 1. The van der Waals surface area contributed by atoms with Gasteiger partial charge in [-0.1, -0.05) is 5.16 Å². The van der Waals surface area contributed by atoms with E-state index in [-0.39, 0.29) is 17.6 Å². The summed E-state index contributed by atoms with van der Waals surface area (Å²) in [6, 6.07) is 5.33. The van der Waals surface area contributed by atoms with Gasteiger partial charge in [0.05, 0.1) is 11.7 Å². The van der Waals surface area contributed by atoms with E-state index in [1.165, 1.54) is 0 Å². The van der Waals surface area contributed by atoms with E-state index in [4.69, 9.17) is 9.26 Å². The van der Waals surface area contributed by atoms with Gasteiger partial charge in [0.1, 0.15) is 0 Å². The van der Waals surface area contributed by atoms with Gasteiger partial charge in [0.2, 0.25) is 0 Å². The Balaban J connectivity index is 1.80. The average molecular weight is 301 g/mol. The van der Waals surface area contributed by atoms with Crippen LogP contribution in [0.5, 0.6) is 0 Å². The standard InChI is InChI=1S/C16H19N3O3/c1-11-9-19(10-16(2,3)21-11)15(20)13-7-14(22-18-13)12-5-4-6-17-8-12/h4-8,11H,9-10H2,1-3H3/t11-/m1/s1. The normalized spacial score (nSPS) is 20.9. The van der Waals surface area contributed by atoms with Crippen molar-refractivity contribution in [2.75, 3.05) is 13.1 Å². The third-order valence-electron chi connectivity index (χ3n) is 3.53. The van der Waals surface area contributed by atoms with Crippen molar-refractivity contribution in [3.63, 3.8) is 0 Å². The van der Waals surface area contributed by atoms with Crippen LogP contribution in [0.2, 0.25) is 0 Å². The number of nitrogens with zero attached hydrogens (tertiary/aromatic N) is 3. The van der Waals surface area contributed by atoms with Crippen LogP contribution >= 0.6 is 0 Å². The summed E-state index contributed by atoms with van der Waals surface area (Å²) < 4.78 is 11.1. The topological polar surface area (TPSA) is 68.5 Å². The zero-order chi connectivity index (χ0) is 15.7. The van der Waals surface area contributed by atoms with Crippen LogP contribution in [-0.4, -0.2) is 45.7 Å². The highest BCUT2D eigenvalue weighted by Gasteiger charge is 2.35. The van der Waals surface area contributed by atoms with Crippen LogP contribution < -0.4 is 0 Å². The molecule has 1 aliphatic heterocycles. The van der Waals surface area contributed by atoms with Crippen LogP contribution in [0.1, 0.15) is 31.3 Å². The smallest absolute Gasteiger partial charge is 0.276 e. The second-order valence-corrected chi connectivity index (χ2v) is 6.19. The summed E-state index contributed by atoms with van der Waals surface area (Å²) >= 11 is 0. The largest absolute Gasteiger partial charge is 0.369 e. The molecule has 1 amide bonds. The second-order valence-electron chi connectivity index (χ2n) is 6.19. The summed E-state index contributed by atoms with van der Waals surface area (Å²) in [4.78, 5) is 18.4. The number of hydrogen-bond donors (Lipinski definition) is 0. The van der Waals surface area contributed by atoms with Crippen molar-refractivity contribution in [2.45, 2.75) is 32.5 Å². The average Bonchev–Trinajstić information content (AvgIpc) is 2.95. The molecule has 0 bridgehead atoms. The lowest BCUT2D eigenvalue weighted by Gasteiger charge is -2.41. The van der Waals surface area contributed by atoms with Crippen molar-refractivity contribution >= 4 is 5.91 Å². The molecule has 3 rings (SSSR count). The van der Waals surface area contributed by atoms with Gasteiger partial charge in [0.15, 0.2) is 11.5 Å². The molecule has 0 aromatic carbocycles. The molecule has 0 aliphatic carbocycles. The van der Waals surface area contributed by atoms with Gasteiger partial charge in [0, 0.05) is 37.1 Å². The predicted octanol–water partition coefficient (Wildman–Crippen LogP) is 2.38. The number of rotatable bonds is 2. The second kappa shape index (κ2) is 5.53. The maximum atomic E-state index is 12.6. The highest BCUT2D eigenvalue weighted by atomic mass is 16.5. The molecular weight excluding hydrogens is 282 g/mol. The molecule has 1 atom stereocenters. The number of aromatic nitrogens is 2. The summed E-state index contributed by atoms with van der Waals surface area (Å²) in [6.45, 7) is 7.01. The van der Waals surface area contributed by atoms with Crippen LogP contribution in [-0.2, 0) is 4.74 Å². The molecule has 2 aromatic heterocycles. The molecule has 0 unspecified atom stereocenters. The molecule has 116 valence electrons. The monoisotopic (exact) mass is 301 g/mol. The van der Waals surface area contributed by atoms with Crippen LogP contribution in [0.25, 0.3) is 11.3 Å². The molecule has 0 radical (unpaired) electrons. The number of pyridine rings is 1. The minimum Gasteiger partial charge on any atom is -0.369 e. The first-order valence-electron chi connectivity index (χ1n) is 7.29. The molecule has 1 fully saturated rings. The Kier molecular flexibility index (Phi) is 3.70. The van der Waals surface area contributed by atoms with Crippen molar-refractivity contribution in [1.29, 1.82) is 0 Å². The molecule has 1 saturated heterocycles. The Morgan fingerprint density at radius 2 is 2.27 bits per heavy atom. The minimum atomic E-state index is -0.358. The molecule has 6 nitrogen and oxygen atoms in total. The van der Waals surface area contributed by atoms with Crippen molar-refractivity contribution < 1.29 is 14.1 Å². The van der Waals surface area contributed by atoms with E-state index in [1.807, 2.05) is 32.9 Å². The number of ether oxygens (including phenoxy) is 1. The van der Waals surface area contributed by atoms with E-state index >= 15 is 0 Å². The number of hydrogen-bond acceptors (Lipinski definition) is 5. The number of morpholine rings is 1. The predicted molar refractivity (Wildman–Crippen MR) is 80.3 cm³/mol. The number of carbonyl (C=O) groups is 1. The molecule has 0 saturated carbocycles. The highest BCUT2D eigenvalue weighted by Crippen LogP contribution is 2.24. The van der Waals surface area contributed by atoms with Crippen LogP contribution in [0.4, 0.5) is 0 Å². The Morgan fingerprint density at radius 1 is 1.45 bits per heavy atom.